The quantitative estimate of drug-likeness (QED) is 0.657. The number of carbonyl (C=O) groups is 1. The minimum atomic E-state index is -3.16. The van der Waals surface area contributed by atoms with Gasteiger partial charge in [0.2, 0.25) is 0 Å². The maximum Gasteiger partial charge on any atom is 0.257 e. The Bertz CT molecular complexity index is 709. The maximum atomic E-state index is 13.3. The number of anilines is 1. The van der Waals surface area contributed by atoms with Crippen LogP contribution < -0.4 is 5.73 Å². The predicted octanol–water partition coefficient (Wildman–Crippen LogP) is 0.670. The Hall–Kier alpha value is -2.07. The number of benzene rings is 1. The molecule has 2 rings (SSSR count). The lowest BCUT2D eigenvalue weighted by molar-refractivity contribution is 0.0725. The lowest BCUT2D eigenvalue weighted by Crippen LogP contribution is -2.41. The number of terminal acetylenes is 1. The molecule has 0 bridgehead atoms. The molecule has 1 aliphatic heterocycles. The molecule has 7 heteroatoms. The summed E-state index contributed by atoms with van der Waals surface area (Å²) in [4.78, 5) is 13.8. The van der Waals surface area contributed by atoms with Gasteiger partial charge >= 0.3 is 0 Å². The summed E-state index contributed by atoms with van der Waals surface area (Å²) in [6.45, 7) is -0.0467. The van der Waals surface area contributed by atoms with Crippen molar-refractivity contribution in [2.75, 3.05) is 23.8 Å². The number of nitrogens with zero attached hydrogens (tertiary/aromatic N) is 1. The monoisotopic (exact) mass is 310 g/mol. The maximum absolute atomic E-state index is 13.3. The average Bonchev–Trinajstić information content (AvgIpc) is 2.78. The molecule has 1 heterocycles. The van der Waals surface area contributed by atoms with Gasteiger partial charge in [-0.15, -0.1) is 6.42 Å². The second-order valence-corrected chi connectivity index (χ2v) is 7.15. The minimum Gasteiger partial charge on any atom is -0.398 e. The second-order valence-electron chi connectivity index (χ2n) is 4.93. The van der Waals surface area contributed by atoms with Crippen LogP contribution in [0.2, 0.25) is 0 Å². The van der Waals surface area contributed by atoms with Crippen molar-refractivity contribution in [1.29, 1.82) is 0 Å². The molecular formula is C14H15FN2O3S. The van der Waals surface area contributed by atoms with E-state index in [9.17, 15) is 17.6 Å². The van der Waals surface area contributed by atoms with Gasteiger partial charge in [0.25, 0.3) is 5.91 Å². The molecule has 0 aliphatic carbocycles. The van der Waals surface area contributed by atoms with E-state index in [1.165, 1.54) is 11.0 Å². The van der Waals surface area contributed by atoms with Crippen LogP contribution in [0, 0.1) is 18.2 Å². The van der Waals surface area contributed by atoms with Crippen LogP contribution in [0.4, 0.5) is 10.1 Å². The summed E-state index contributed by atoms with van der Waals surface area (Å²) in [6, 6.07) is 2.98. The Morgan fingerprint density at radius 1 is 1.52 bits per heavy atom. The molecule has 1 aromatic rings. The van der Waals surface area contributed by atoms with Crippen molar-refractivity contribution in [3.63, 3.8) is 0 Å². The first-order valence-electron chi connectivity index (χ1n) is 6.34. The van der Waals surface area contributed by atoms with Gasteiger partial charge < -0.3 is 10.6 Å². The molecule has 21 heavy (non-hydrogen) atoms. The Morgan fingerprint density at radius 3 is 2.81 bits per heavy atom. The van der Waals surface area contributed by atoms with E-state index in [2.05, 4.69) is 5.92 Å². The summed E-state index contributed by atoms with van der Waals surface area (Å²) >= 11 is 0. The fourth-order valence-corrected chi connectivity index (χ4v) is 4.09. The minimum absolute atomic E-state index is 0.00505. The van der Waals surface area contributed by atoms with E-state index in [0.717, 1.165) is 12.1 Å². The molecule has 1 aliphatic rings. The molecule has 112 valence electrons. The molecule has 0 aromatic heterocycles. The normalized spacial score (nSPS) is 19.9. The zero-order chi connectivity index (χ0) is 15.6. The van der Waals surface area contributed by atoms with E-state index < -0.39 is 27.6 Å². The van der Waals surface area contributed by atoms with Crippen LogP contribution in [0.3, 0.4) is 0 Å². The third-order valence-electron chi connectivity index (χ3n) is 3.42. The van der Waals surface area contributed by atoms with Crippen molar-refractivity contribution in [3.05, 3.63) is 29.6 Å². The summed E-state index contributed by atoms with van der Waals surface area (Å²) in [5, 5.41) is 0. The molecule has 1 atom stereocenters. The van der Waals surface area contributed by atoms with E-state index in [1.54, 1.807) is 0 Å². The molecule has 1 saturated heterocycles. The van der Waals surface area contributed by atoms with Gasteiger partial charge in [-0.2, -0.15) is 0 Å². The predicted molar refractivity (Wildman–Crippen MR) is 77.7 cm³/mol. The lowest BCUT2D eigenvalue weighted by Gasteiger charge is -2.26. The molecule has 1 aromatic carbocycles. The number of amides is 1. The van der Waals surface area contributed by atoms with Crippen molar-refractivity contribution in [2.45, 2.75) is 12.5 Å². The highest BCUT2D eigenvalue weighted by Gasteiger charge is 2.35. The topological polar surface area (TPSA) is 80.5 Å². The van der Waals surface area contributed by atoms with Gasteiger partial charge in [-0.25, -0.2) is 12.8 Å². The standard InChI is InChI=1S/C14H15FN2O3S/c1-2-6-17(11-5-7-21(19,20)9-11)14(18)12-8-10(15)3-4-13(12)16/h1,3-4,8,11H,5-7,9,16H2. The second kappa shape index (κ2) is 5.74. The first-order valence-corrected chi connectivity index (χ1v) is 8.16. The molecule has 1 amide bonds. The van der Waals surface area contributed by atoms with Gasteiger partial charge in [0.05, 0.1) is 23.6 Å². The largest absolute Gasteiger partial charge is 0.398 e. The van der Waals surface area contributed by atoms with E-state index in [0.29, 0.717) is 6.42 Å². The SMILES string of the molecule is C#CCN(C(=O)c1cc(F)ccc1N)C1CCS(=O)(=O)C1. The Kier molecular flexibility index (Phi) is 4.19. The third kappa shape index (κ3) is 3.34. The van der Waals surface area contributed by atoms with Crippen LogP contribution in [0.5, 0.6) is 0 Å². The van der Waals surface area contributed by atoms with Gasteiger partial charge in [0.1, 0.15) is 5.82 Å². The number of hydrogen-bond donors (Lipinski definition) is 1. The first kappa shape index (κ1) is 15.3. The summed E-state index contributed by atoms with van der Waals surface area (Å²) < 4.78 is 36.4. The molecule has 1 unspecified atom stereocenters. The number of carbonyl (C=O) groups excluding carboxylic acids is 1. The number of rotatable bonds is 3. The molecular weight excluding hydrogens is 295 g/mol. The molecule has 5 nitrogen and oxygen atoms in total. The molecule has 0 spiro atoms. The fourth-order valence-electron chi connectivity index (χ4n) is 2.35. The van der Waals surface area contributed by atoms with Crippen molar-refractivity contribution < 1.29 is 17.6 Å². The number of nitrogens with two attached hydrogens (primary N) is 1. The van der Waals surface area contributed by atoms with Crippen LogP contribution >= 0.6 is 0 Å². The van der Waals surface area contributed by atoms with E-state index in [-0.39, 0.29) is 29.3 Å². The van der Waals surface area contributed by atoms with Crippen molar-refractivity contribution in [1.82, 2.24) is 4.90 Å². The van der Waals surface area contributed by atoms with Crippen LogP contribution in [0.1, 0.15) is 16.8 Å². The highest BCUT2D eigenvalue weighted by Crippen LogP contribution is 2.22. The van der Waals surface area contributed by atoms with Gasteiger partial charge in [-0.05, 0) is 24.6 Å². The molecule has 2 N–H and O–H groups in total. The van der Waals surface area contributed by atoms with Crippen molar-refractivity contribution in [3.8, 4) is 12.3 Å². The highest BCUT2D eigenvalue weighted by atomic mass is 32.2. The third-order valence-corrected chi connectivity index (χ3v) is 5.17. The van der Waals surface area contributed by atoms with Crippen LogP contribution in [-0.4, -0.2) is 43.3 Å². The van der Waals surface area contributed by atoms with Crippen LogP contribution in [0.25, 0.3) is 0 Å². The fraction of sp³-hybridized carbons (Fsp3) is 0.357. The van der Waals surface area contributed by atoms with Crippen LogP contribution in [-0.2, 0) is 9.84 Å². The Morgan fingerprint density at radius 2 is 2.24 bits per heavy atom. The lowest BCUT2D eigenvalue weighted by atomic mass is 10.1. The number of sulfone groups is 1. The molecule has 0 radical (unpaired) electrons. The van der Waals surface area contributed by atoms with Gasteiger partial charge in [-0.1, -0.05) is 5.92 Å². The molecule has 0 saturated carbocycles. The Balaban J connectivity index is 2.32. The number of hydrogen-bond acceptors (Lipinski definition) is 4. The smallest absolute Gasteiger partial charge is 0.257 e. The van der Waals surface area contributed by atoms with Gasteiger partial charge in [0, 0.05) is 11.7 Å². The average molecular weight is 310 g/mol. The number of nitrogen functional groups attached to an aromatic ring is 1. The zero-order valence-electron chi connectivity index (χ0n) is 11.3. The highest BCUT2D eigenvalue weighted by molar-refractivity contribution is 7.91. The van der Waals surface area contributed by atoms with Gasteiger partial charge in [0.15, 0.2) is 9.84 Å². The summed E-state index contributed by atoms with van der Waals surface area (Å²) in [5.74, 6) is 1.08. The van der Waals surface area contributed by atoms with Gasteiger partial charge in [-0.3, -0.25) is 4.79 Å². The summed E-state index contributed by atoms with van der Waals surface area (Å²) in [7, 11) is -3.16. The number of halogens is 1. The zero-order valence-corrected chi connectivity index (χ0v) is 12.1. The summed E-state index contributed by atoms with van der Waals surface area (Å²) in [5.41, 5.74) is 5.82. The van der Waals surface area contributed by atoms with Crippen LogP contribution in [0.15, 0.2) is 18.2 Å². The molecule has 1 fully saturated rings. The van der Waals surface area contributed by atoms with E-state index in [4.69, 9.17) is 12.2 Å². The summed E-state index contributed by atoms with van der Waals surface area (Å²) in [6.07, 6.45) is 5.57. The first-order chi connectivity index (χ1) is 9.84. The van der Waals surface area contributed by atoms with Crippen molar-refractivity contribution >= 4 is 21.4 Å². The van der Waals surface area contributed by atoms with E-state index >= 15 is 0 Å². The van der Waals surface area contributed by atoms with Crippen molar-refractivity contribution in [2.24, 2.45) is 0 Å². The van der Waals surface area contributed by atoms with E-state index in [1.807, 2.05) is 0 Å². The Labute approximate surface area is 122 Å².